The molecule has 2 unspecified atom stereocenters. The highest BCUT2D eigenvalue weighted by molar-refractivity contribution is 5.63. The highest BCUT2D eigenvalue weighted by Crippen LogP contribution is 2.27. The summed E-state index contributed by atoms with van der Waals surface area (Å²) in [4.78, 5) is 10.7. The molecule has 0 radical (unpaired) electrons. The topological polar surface area (TPSA) is 67.2 Å². The molecule has 5 nitrogen and oxygen atoms in total. The van der Waals surface area contributed by atoms with Crippen LogP contribution in [0, 0.1) is 17.0 Å². The normalized spacial score (nSPS) is 23.7. The Kier molecular flexibility index (Phi) is 3.81. The maximum absolute atomic E-state index is 11.0. The molecule has 1 fully saturated rings. The van der Waals surface area contributed by atoms with Crippen molar-refractivity contribution in [3.63, 3.8) is 0 Å². The summed E-state index contributed by atoms with van der Waals surface area (Å²) < 4.78 is 0. The fraction of sp³-hybridized carbons (Fsp3) is 0.538. The number of nitro groups is 1. The fourth-order valence-electron chi connectivity index (χ4n) is 2.40. The van der Waals surface area contributed by atoms with Crippen LogP contribution in [-0.2, 0) is 0 Å². The first-order chi connectivity index (χ1) is 8.56. The molecule has 0 spiro atoms. The van der Waals surface area contributed by atoms with Crippen LogP contribution < -0.4 is 10.6 Å². The van der Waals surface area contributed by atoms with E-state index in [9.17, 15) is 10.1 Å². The molecule has 1 saturated heterocycles. The van der Waals surface area contributed by atoms with Crippen molar-refractivity contribution in [3.8, 4) is 0 Å². The SMILES string of the molecule is Cc1ccc(NC2CCNC(C)C2)c([N+](=O)[O-])c1. The molecule has 0 aliphatic carbocycles. The number of piperidine rings is 1. The van der Waals surface area contributed by atoms with Crippen molar-refractivity contribution in [1.29, 1.82) is 0 Å². The van der Waals surface area contributed by atoms with Crippen molar-refractivity contribution in [2.75, 3.05) is 11.9 Å². The van der Waals surface area contributed by atoms with Crippen LogP contribution in [0.2, 0.25) is 0 Å². The number of nitrogens with zero attached hydrogens (tertiary/aromatic N) is 1. The minimum Gasteiger partial charge on any atom is -0.377 e. The Morgan fingerprint density at radius 1 is 1.50 bits per heavy atom. The average molecular weight is 249 g/mol. The standard InChI is InChI=1S/C13H19N3O2/c1-9-3-4-12(13(7-9)16(17)18)15-11-5-6-14-10(2)8-11/h3-4,7,10-11,14-15H,5-6,8H2,1-2H3. The molecule has 0 saturated carbocycles. The monoisotopic (exact) mass is 249 g/mol. The molecule has 2 atom stereocenters. The van der Waals surface area contributed by atoms with Gasteiger partial charge in [-0.25, -0.2) is 0 Å². The van der Waals surface area contributed by atoms with Gasteiger partial charge in [0.2, 0.25) is 0 Å². The minimum atomic E-state index is -0.320. The van der Waals surface area contributed by atoms with Gasteiger partial charge >= 0.3 is 0 Å². The van der Waals surface area contributed by atoms with Gasteiger partial charge in [-0.1, -0.05) is 6.07 Å². The van der Waals surface area contributed by atoms with Crippen molar-refractivity contribution in [2.24, 2.45) is 0 Å². The zero-order valence-electron chi connectivity index (χ0n) is 10.8. The third-order valence-corrected chi connectivity index (χ3v) is 3.33. The van der Waals surface area contributed by atoms with Gasteiger partial charge in [0.25, 0.3) is 5.69 Å². The quantitative estimate of drug-likeness (QED) is 0.638. The molecule has 0 bridgehead atoms. The number of anilines is 1. The predicted octanol–water partition coefficient (Wildman–Crippen LogP) is 2.46. The molecule has 1 heterocycles. The molecule has 2 N–H and O–H groups in total. The van der Waals surface area contributed by atoms with Gasteiger partial charge in [-0.3, -0.25) is 10.1 Å². The van der Waals surface area contributed by atoms with Crippen molar-refractivity contribution in [1.82, 2.24) is 5.32 Å². The Bertz CT molecular complexity index is 448. The summed E-state index contributed by atoms with van der Waals surface area (Å²) in [7, 11) is 0. The van der Waals surface area contributed by atoms with Crippen molar-refractivity contribution < 1.29 is 4.92 Å². The van der Waals surface area contributed by atoms with Crippen LogP contribution in [0.3, 0.4) is 0 Å². The van der Waals surface area contributed by atoms with Gasteiger partial charge in [0.05, 0.1) is 4.92 Å². The van der Waals surface area contributed by atoms with Gasteiger partial charge in [0.1, 0.15) is 5.69 Å². The maximum atomic E-state index is 11.0. The number of benzene rings is 1. The molecule has 5 heteroatoms. The van der Waals surface area contributed by atoms with Crippen LogP contribution in [0.1, 0.15) is 25.3 Å². The van der Waals surface area contributed by atoms with Crippen LogP contribution in [0.5, 0.6) is 0 Å². The number of hydrogen-bond donors (Lipinski definition) is 2. The lowest BCUT2D eigenvalue weighted by atomic mass is 10.00. The van der Waals surface area contributed by atoms with Crippen LogP contribution in [0.4, 0.5) is 11.4 Å². The van der Waals surface area contributed by atoms with E-state index in [4.69, 9.17) is 0 Å². The summed E-state index contributed by atoms with van der Waals surface area (Å²) in [6.07, 6.45) is 1.99. The lowest BCUT2D eigenvalue weighted by Gasteiger charge is -2.29. The lowest BCUT2D eigenvalue weighted by molar-refractivity contribution is -0.384. The summed E-state index contributed by atoms with van der Waals surface area (Å²) in [6, 6.07) is 6.09. The molecule has 1 aromatic rings. The number of nitro benzene ring substituents is 1. The van der Waals surface area contributed by atoms with E-state index in [-0.39, 0.29) is 10.6 Å². The molecular weight excluding hydrogens is 230 g/mol. The smallest absolute Gasteiger partial charge is 0.292 e. The van der Waals surface area contributed by atoms with Gasteiger partial charge in [-0.15, -0.1) is 0 Å². The van der Waals surface area contributed by atoms with Gasteiger partial charge in [-0.05, 0) is 44.9 Å². The highest BCUT2D eigenvalue weighted by Gasteiger charge is 2.21. The van der Waals surface area contributed by atoms with Crippen LogP contribution in [-0.4, -0.2) is 23.6 Å². The van der Waals surface area contributed by atoms with Crippen molar-refractivity contribution >= 4 is 11.4 Å². The van der Waals surface area contributed by atoms with Gasteiger partial charge in [0, 0.05) is 18.2 Å². The number of aryl methyl sites for hydroxylation is 1. The molecule has 1 aromatic carbocycles. The van der Waals surface area contributed by atoms with Crippen LogP contribution in [0.25, 0.3) is 0 Å². The van der Waals surface area contributed by atoms with Crippen molar-refractivity contribution in [3.05, 3.63) is 33.9 Å². The summed E-state index contributed by atoms with van der Waals surface area (Å²) in [5.74, 6) is 0. The molecule has 1 aliphatic rings. The average Bonchev–Trinajstić information content (AvgIpc) is 2.31. The van der Waals surface area contributed by atoms with E-state index in [0.717, 1.165) is 24.9 Å². The largest absolute Gasteiger partial charge is 0.377 e. The van der Waals surface area contributed by atoms with Gasteiger partial charge in [-0.2, -0.15) is 0 Å². The maximum Gasteiger partial charge on any atom is 0.292 e. The number of rotatable bonds is 3. The van der Waals surface area contributed by atoms with E-state index in [2.05, 4.69) is 17.6 Å². The summed E-state index contributed by atoms with van der Waals surface area (Å²) in [5.41, 5.74) is 1.71. The first kappa shape index (κ1) is 12.8. The van der Waals surface area contributed by atoms with E-state index >= 15 is 0 Å². The zero-order chi connectivity index (χ0) is 13.1. The van der Waals surface area contributed by atoms with Gasteiger partial charge < -0.3 is 10.6 Å². The second kappa shape index (κ2) is 5.35. The molecule has 18 heavy (non-hydrogen) atoms. The Morgan fingerprint density at radius 2 is 2.28 bits per heavy atom. The first-order valence-corrected chi connectivity index (χ1v) is 6.31. The Morgan fingerprint density at radius 3 is 2.94 bits per heavy atom. The third-order valence-electron chi connectivity index (χ3n) is 3.33. The molecular formula is C13H19N3O2. The van der Waals surface area contributed by atoms with Gasteiger partial charge in [0.15, 0.2) is 0 Å². The Hall–Kier alpha value is -1.62. The van der Waals surface area contributed by atoms with Crippen LogP contribution >= 0.6 is 0 Å². The Labute approximate surface area is 107 Å². The summed E-state index contributed by atoms with van der Waals surface area (Å²) in [5, 5.41) is 17.7. The molecule has 2 rings (SSSR count). The van der Waals surface area contributed by atoms with E-state index in [1.807, 2.05) is 13.0 Å². The molecule has 1 aliphatic heterocycles. The van der Waals surface area contributed by atoms with E-state index < -0.39 is 0 Å². The number of hydrogen-bond acceptors (Lipinski definition) is 4. The molecule has 0 aromatic heterocycles. The number of nitrogens with one attached hydrogen (secondary N) is 2. The van der Waals surface area contributed by atoms with Crippen LogP contribution in [0.15, 0.2) is 18.2 Å². The highest BCUT2D eigenvalue weighted by atomic mass is 16.6. The fourth-order valence-corrected chi connectivity index (χ4v) is 2.40. The second-order valence-corrected chi connectivity index (χ2v) is 5.00. The lowest BCUT2D eigenvalue weighted by Crippen LogP contribution is -2.41. The minimum absolute atomic E-state index is 0.168. The predicted molar refractivity (Wildman–Crippen MR) is 71.9 cm³/mol. The van der Waals surface area contributed by atoms with E-state index in [1.165, 1.54) is 0 Å². The van der Waals surface area contributed by atoms with E-state index in [0.29, 0.717) is 17.8 Å². The summed E-state index contributed by atoms with van der Waals surface area (Å²) in [6.45, 7) is 4.96. The first-order valence-electron chi connectivity index (χ1n) is 6.31. The zero-order valence-corrected chi connectivity index (χ0v) is 10.8. The van der Waals surface area contributed by atoms with E-state index in [1.54, 1.807) is 12.1 Å². The molecule has 0 amide bonds. The van der Waals surface area contributed by atoms with Crippen molar-refractivity contribution in [2.45, 2.75) is 38.8 Å². The molecule has 98 valence electrons. The third kappa shape index (κ3) is 2.98. The summed E-state index contributed by atoms with van der Waals surface area (Å²) >= 11 is 0. The Balaban J connectivity index is 2.15. The second-order valence-electron chi connectivity index (χ2n) is 5.00.